The van der Waals surface area contributed by atoms with Gasteiger partial charge in [0.05, 0.1) is 22.8 Å². The summed E-state index contributed by atoms with van der Waals surface area (Å²) in [6, 6.07) is 31.6. The fraction of sp³-hybridized carbons (Fsp3) is 0.237. The Morgan fingerprint density at radius 3 is 2.64 bits per heavy atom. The summed E-state index contributed by atoms with van der Waals surface area (Å²) in [5.74, 6) is -0.615. The molecule has 4 aliphatic heterocycles. The molecule has 8 nitrogen and oxygen atoms in total. The standard InChI is InChI=1S/C38H33ClN6O2/c1-2-22-13-15-23(16-14-22)35(46)34-33(32-12-7-19-44(32)38(34)27-21-25(39)17-18-29(27)41-37(38)47)26-20-24-8-3-4-9-28(24)40-36(26)45-31-11-6-5-10-30(31)42-43-45/h3-6,8-11,13-18,20-21,32-34,42-43H,2,7,12,19H2,1H3,(H,41,47). The first-order valence-electron chi connectivity index (χ1n) is 16.3. The molecule has 4 unspecified atom stereocenters. The van der Waals surface area contributed by atoms with Crippen LogP contribution in [0.3, 0.4) is 0 Å². The van der Waals surface area contributed by atoms with Gasteiger partial charge in [-0.15, -0.1) is 5.53 Å². The number of halogens is 1. The third kappa shape index (κ3) is 4.05. The molecule has 234 valence electrons. The monoisotopic (exact) mass is 640 g/mol. The third-order valence-electron chi connectivity index (χ3n) is 10.6. The van der Waals surface area contributed by atoms with Crippen molar-refractivity contribution in [2.45, 2.75) is 43.7 Å². The van der Waals surface area contributed by atoms with E-state index in [1.54, 1.807) is 6.07 Å². The number of nitrogens with one attached hydrogen (secondary N) is 3. The largest absolute Gasteiger partial charge is 0.324 e. The minimum atomic E-state index is -1.23. The molecule has 5 heterocycles. The summed E-state index contributed by atoms with van der Waals surface area (Å²) in [5, 5.41) is 6.66. The fourth-order valence-electron chi connectivity index (χ4n) is 8.63. The number of carbonyl (C=O) groups excluding carboxylic acids is 2. The van der Waals surface area contributed by atoms with Gasteiger partial charge in [0, 0.05) is 44.7 Å². The van der Waals surface area contributed by atoms with E-state index < -0.39 is 11.5 Å². The lowest BCUT2D eigenvalue weighted by Gasteiger charge is -2.37. The van der Waals surface area contributed by atoms with Crippen LogP contribution in [0.15, 0.2) is 97.1 Å². The lowest BCUT2D eigenvalue weighted by molar-refractivity contribution is -0.127. The zero-order valence-corrected chi connectivity index (χ0v) is 26.6. The number of rotatable bonds is 5. The van der Waals surface area contributed by atoms with Gasteiger partial charge in [-0.3, -0.25) is 14.5 Å². The minimum Gasteiger partial charge on any atom is -0.324 e. The van der Waals surface area contributed by atoms with Crippen molar-refractivity contribution in [2.75, 3.05) is 22.3 Å². The van der Waals surface area contributed by atoms with Gasteiger partial charge >= 0.3 is 0 Å². The molecule has 1 spiro atoms. The number of anilines is 4. The second-order valence-corrected chi connectivity index (χ2v) is 13.4. The number of nitrogens with zero attached hydrogens (tertiary/aromatic N) is 3. The summed E-state index contributed by atoms with van der Waals surface area (Å²) in [7, 11) is 0. The van der Waals surface area contributed by atoms with Crippen molar-refractivity contribution in [3.63, 3.8) is 0 Å². The van der Waals surface area contributed by atoms with Gasteiger partial charge in [-0.1, -0.05) is 73.1 Å². The highest BCUT2D eigenvalue weighted by atomic mass is 35.5. The summed E-state index contributed by atoms with van der Waals surface area (Å²) < 4.78 is 0. The average molecular weight is 641 g/mol. The first-order chi connectivity index (χ1) is 23.0. The zero-order chi connectivity index (χ0) is 31.9. The highest BCUT2D eigenvalue weighted by Gasteiger charge is 2.69. The van der Waals surface area contributed by atoms with E-state index >= 15 is 4.79 Å². The van der Waals surface area contributed by atoms with E-state index in [0.717, 1.165) is 58.2 Å². The van der Waals surface area contributed by atoms with Crippen LogP contribution in [0.5, 0.6) is 0 Å². The van der Waals surface area contributed by atoms with E-state index in [0.29, 0.717) is 28.6 Å². The Labute approximate surface area is 277 Å². The van der Waals surface area contributed by atoms with Gasteiger partial charge in [0.1, 0.15) is 5.54 Å². The quantitative estimate of drug-likeness (QED) is 0.173. The highest BCUT2D eigenvalue weighted by molar-refractivity contribution is 6.31. The summed E-state index contributed by atoms with van der Waals surface area (Å²) >= 11 is 6.66. The summed E-state index contributed by atoms with van der Waals surface area (Å²) in [6.45, 7) is 2.80. The van der Waals surface area contributed by atoms with Crippen LogP contribution in [0.25, 0.3) is 10.9 Å². The van der Waals surface area contributed by atoms with Crippen LogP contribution in [0.1, 0.15) is 52.7 Å². The molecule has 4 atom stereocenters. The predicted octanol–water partition coefficient (Wildman–Crippen LogP) is 7.34. The molecule has 0 aliphatic carbocycles. The van der Waals surface area contributed by atoms with Crippen molar-refractivity contribution in [1.82, 2.24) is 15.4 Å². The topological polar surface area (TPSA) is 89.6 Å². The molecule has 9 heteroatoms. The molecule has 1 aromatic heterocycles. The lowest BCUT2D eigenvalue weighted by Crippen LogP contribution is -2.52. The van der Waals surface area contributed by atoms with E-state index in [1.165, 1.54) is 0 Å². The van der Waals surface area contributed by atoms with Gasteiger partial charge in [0.25, 0.3) is 0 Å². The van der Waals surface area contributed by atoms with Crippen LogP contribution < -0.4 is 21.3 Å². The Morgan fingerprint density at radius 2 is 1.79 bits per heavy atom. The van der Waals surface area contributed by atoms with Gasteiger partial charge in [-0.2, -0.15) is 0 Å². The van der Waals surface area contributed by atoms with E-state index in [9.17, 15) is 4.79 Å². The Bertz CT molecular complexity index is 2100. The molecule has 4 aliphatic rings. The maximum absolute atomic E-state index is 15.3. The van der Waals surface area contributed by atoms with Crippen LogP contribution in [0, 0.1) is 5.92 Å². The van der Waals surface area contributed by atoms with Crippen molar-refractivity contribution in [3.05, 3.63) is 124 Å². The molecule has 2 saturated heterocycles. The molecular weight excluding hydrogens is 608 g/mol. The van der Waals surface area contributed by atoms with E-state index in [2.05, 4.69) is 40.2 Å². The number of hydrogen-bond acceptors (Lipinski definition) is 7. The summed E-state index contributed by atoms with van der Waals surface area (Å²) in [6.07, 6.45) is 2.64. The van der Waals surface area contributed by atoms with Crippen LogP contribution >= 0.6 is 11.6 Å². The number of para-hydroxylation sites is 3. The SMILES string of the molecule is CCc1ccc(C(=O)C2C(c3cc4ccccc4nc3N3NNc4ccccc43)C3CCCN3C23C(=O)Nc2ccc(Cl)cc23)cc1. The molecule has 4 aromatic carbocycles. The van der Waals surface area contributed by atoms with E-state index in [1.807, 2.05) is 83.9 Å². The maximum atomic E-state index is 15.3. The smallest absolute Gasteiger partial charge is 0.250 e. The summed E-state index contributed by atoms with van der Waals surface area (Å²) in [4.78, 5) is 37.5. The molecule has 47 heavy (non-hydrogen) atoms. The van der Waals surface area contributed by atoms with Crippen molar-refractivity contribution in [2.24, 2.45) is 5.92 Å². The van der Waals surface area contributed by atoms with Crippen LogP contribution in [0.4, 0.5) is 22.9 Å². The first-order valence-corrected chi connectivity index (χ1v) is 16.7. The average Bonchev–Trinajstić information content (AvgIpc) is 3.87. The van der Waals surface area contributed by atoms with Gasteiger partial charge in [-0.05, 0) is 73.8 Å². The molecule has 0 saturated carbocycles. The van der Waals surface area contributed by atoms with Crippen LogP contribution in [-0.2, 0) is 16.8 Å². The van der Waals surface area contributed by atoms with Crippen LogP contribution in [-0.4, -0.2) is 34.2 Å². The number of carbonyl (C=O) groups is 2. The number of aromatic nitrogens is 1. The number of fused-ring (bicyclic) bond motifs is 6. The number of hydrogen-bond donors (Lipinski definition) is 3. The van der Waals surface area contributed by atoms with Gasteiger partial charge in [0.15, 0.2) is 11.6 Å². The van der Waals surface area contributed by atoms with Crippen LogP contribution in [0.2, 0.25) is 5.02 Å². The number of benzene rings is 4. The molecule has 5 aromatic rings. The number of Topliss-reactive ketones (excluding diaryl/α,β-unsaturated/α-hetero) is 1. The molecule has 3 N–H and O–H groups in total. The Balaban J connectivity index is 1.32. The molecular formula is C38H33ClN6O2. The van der Waals surface area contributed by atoms with Gasteiger partial charge in [0.2, 0.25) is 5.91 Å². The normalized spacial score (nSPS) is 24.3. The van der Waals surface area contributed by atoms with Crippen molar-refractivity contribution in [1.29, 1.82) is 0 Å². The van der Waals surface area contributed by atoms with E-state index in [-0.39, 0.29) is 23.7 Å². The Kier molecular flexibility index (Phi) is 6.44. The van der Waals surface area contributed by atoms with Crippen molar-refractivity contribution >= 4 is 57.1 Å². The maximum Gasteiger partial charge on any atom is 0.250 e. The Morgan fingerprint density at radius 1 is 0.979 bits per heavy atom. The van der Waals surface area contributed by atoms with Gasteiger partial charge < -0.3 is 10.7 Å². The van der Waals surface area contributed by atoms with Crippen molar-refractivity contribution < 1.29 is 9.59 Å². The first kappa shape index (κ1) is 28.5. The number of ketones is 1. The molecule has 1 amide bonds. The predicted molar refractivity (Wildman–Crippen MR) is 185 cm³/mol. The second kappa shape index (κ2) is 10.6. The third-order valence-corrected chi connectivity index (χ3v) is 10.9. The minimum absolute atomic E-state index is 0.0537. The number of amides is 1. The van der Waals surface area contributed by atoms with E-state index in [4.69, 9.17) is 16.6 Å². The number of aryl methyl sites for hydroxylation is 1. The molecule has 2 fully saturated rings. The number of hydrazine groups is 2. The zero-order valence-electron chi connectivity index (χ0n) is 25.8. The molecule has 0 bridgehead atoms. The molecule has 0 radical (unpaired) electrons. The van der Waals surface area contributed by atoms with Crippen molar-refractivity contribution in [3.8, 4) is 0 Å². The summed E-state index contributed by atoms with van der Waals surface area (Å²) in [5.41, 5.74) is 12.3. The second-order valence-electron chi connectivity index (χ2n) is 12.9. The molecule has 9 rings (SSSR count). The van der Waals surface area contributed by atoms with Gasteiger partial charge in [-0.25, -0.2) is 9.99 Å². The highest BCUT2D eigenvalue weighted by Crippen LogP contribution is 2.62. The number of pyridine rings is 1. The fourth-order valence-corrected chi connectivity index (χ4v) is 8.80. The lowest BCUT2D eigenvalue weighted by atomic mass is 9.68. The Hall–Kier alpha value is -4.76.